The highest BCUT2D eigenvalue weighted by Gasteiger charge is 2.12. The van der Waals surface area contributed by atoms with Crippen molar-refractivity contribution in [3.8, 4) is 17.1 Å². The SMILES string of the molecule is CCCCNc1nccc(-c2cc(OC(=O)NCCCc3cccnc3)c(=O)[nH]n2)n1. The van der Waals surface area contributed by atoms with Crippen molar-refractivity contribution >= 4 is 12.0 Å². The Hall–Kier alpha value is -3.82. The molecule has 0 aromatic carbocycles. The molecular formula is C21H25N7O3. The predicted octanol–water partition coefficient (Wildman–Crippen LogP) is 2.56. The first kappa shape index (κ1) is 21.9. The third kappa shape index (κ3) is 6.88. The third-order valence-electron chi connectivity index (χ3n) is 4.34. The largest absolute Gasteiger partial charge is 0.412 e. The van der Waals surface area contributed by atoms with Crippen molar-refractivity contribution in [2.75, 3.05) is 18.4 Å². The molecule has 0 radical (unpaired) electrons. The molecule has 10 heteroatoms. The van der Waals surface area contributed by atoms with Gasteiger partial charge >= 0.3 is 11.7 Å². The zero-order valence-corrected chi connectivity index (χ0v) is 17.3. The van der Waals surface area contributed by atoms with Gasteiger partial charge in [0.1, 0.15) is 5.69 Å². The molecule has 3 N–H and O–H groups in total. The van der Waals surface area contributed by atoms with Crippen LogP contribution in [0, 0.1) is 0 Å². The van der Waals surface area contributed by atoms with Gasteiger partial charge in [0.2, 0.25) is 11.7 Å². The number of hydrogen-bond donors (Lipinski definition) is 3. The van der Waals surface area contributed by atoms with Crippen LogP contribution in [-0.4, -0.2) is 44.3 Å². The van der Waals surface area contributed by atoms with Crippen molar-refractivity contribution in [3.05, 3.63) is 58.8 Å². The monoisotopic (exact) mass is 423 g/mol. The lowest BCUT2D eigenvalue weighted by atomic mass is 10.2. The Labute approximate surface area is 179 Å². The van der Waals surface area contributed by atoms with Crippen LogP contribution in [0.3, 0.4) is 0 Å². The summed E-state index contributed by atoms with van der Waals surface area (Å²) in [6.45, 7) is 3.26. The lowest BCUT2D eigenvalue weighted by molar-refractivity contribution is 0.199. The van der Waals surface area contributed by atoms with Crippen LogP contribution >= 0.6 is 0 Å². The molecule has 1 amide bonds. The molecule has 0 aliphatic heterocycles. The zero-order valence-electron chi connectivity index (χ0n) is 17.3. The molecule has 31 heavy (non-hydrogen) atoms. The van der Waals surface area contributed by atoms with Crippen molar-refractivity contribution in [2.24, 2.45) is 0 Å². The van der Waals surface area contributed by atoms with Crippen LogP contribution in [0.5, 0.6) is 5.75 Å². The number of carbonyl (C=O) groups excluding carboxylic acids is 1. The van der Waals surface area contributed by atoms with Crippen LogP contribution in [0.25, 0.3) is 11.4 Å². The molecular weight excluding hydrogens is 398 g/mol. The maximum atomic E-state index is 12.1. The minimum absolute atomic E-state index is 0.158. The molecule has 0 unspecified atom stereocenters. The number of H-pyrrole nitrogens is 1. The van der Waals surface area contributed by atoms with E-state index in [4.69, 9.17) is 4.74 Å². The first-order valence-corrected chi connectivity index (χ1v) is 10.2. The van der Waals surface area contributed by atoms with E-state index in [1.165, 1.54) is 6.07 Å². The van der Waals surface area contributed by atoms with Gasteiger partial charge in [-0.05, 0) is 37.0 Å². The van der Waals surface area contributed by atoms with Gasteiger partial charge in [-0.15, -0.1) is 0 Å². The molecule has 162 valence electrons. The van der Waals surface area contributed by atoms with E-state index < -0.39 is 11.7 Å². The standard InChI is InChI=1S/C21H25N7O3/c1-2-3-10-23-20-24-12-8-16(26-20)17-13-18(19(29)28-27-17)31-21(30)25-11-5-7-15-6-4-9-22-14-15/h4,6,8-9,12-14H,2-3,5,7,10-11H2,1H3,(H,25,30)(H,28,29)(H,23,24,26). The molecule has 0 aliphatic rings. The van der Waals surface area contributed by atoms with Crippen molar-refractivity contribution in [1.82, 2.24) is 30.5 Å². The van der Waals surface area contributed by atoms with Gasteiger partial charge < -0.3 is 15.4 Å². The summed E-state index contributed by atoms with van der Waals surface area (Å²) in [5.74, 6) is 0.307. The van der Waals surface area contributed by atoms with E-state index >= 15 is 0 Å². The van der Waals surface area contributed by atoms with Crippen LogP contribution in [0.4, 0.5) is 10.7 Å². The Bertz CT molecular complexity index is 1040. The van der Waals surface area contributed by atoms with Crippen LogP contribution in [0.2, 0.25) is 0 Å². The van der Waals surface area contributed by atoms with Gasteiger partial charge in [-0.3, -0.25) is 9.78 Å². The van der Waals surface area contributed by atoms with Crippen molar-refractivity contribution in [1.29, 1.82) is 0 Å². The van der Waals surface area contributed by atoms with Gasteiger partial charge in [-0.25, -0.2) is 19.9 Å². The highest BCUT2D eigenvalue weighted by Crippen LogP contribution is 2.17. The summed E-state index contributed by atoms with van der Waals surface area (Å²) in [5, 5.41) is 12.1. The highest BCUT2D eigenvalue weighted by molar-refractivity contribution is 5.70. The molecule has 0 bridgehead atoms. The molecule has 0 saturated carbocycles. The number of pyridine rings is 1. The summed E-state index contributed by atoms with van der Waals surface area (Å²) in [6, 6.07) is 6.88. The van der Waals surface area contributed by atoms with Crippen LogP contribution in [-0.2, 0) is 6.42 Å². The first-order chi connectivity index (χ1) is 15.2. The number of aryl methyl sites for hydroxylation is 1. The van der Waals surface area contributed by atoms with Gasteiger partial charge in [0.05, 0.1) is 5.69 Å². The molecule has 3 heterocycles. The van der Waals surface area contributed by atoms with Gasteiger partial charge in [0, 0.05) is 37.7 Å². The summed E-state index contributed by atoms with van der Waals surface area (Å²) < 4.78 is 5.16. The Morgan fingerprint density at radius 3 is 2.87 bits per heavy atom. The minimum atomic E-state index is -0.710. The quantitative estimate of drug-likeness (QED) is 0.424. The first-order valence-electron chi connectivity index (χ1n) is 10.2. The number of hydrogen-bond acceptors (Lipinski definition) is 8. The molecule has 3 aromatic rings. The molecule has 0 spiro atoms. The number of rotatable bonds is 10. The zero-order chi connectivity index (χ0) is 21.9. The number of unbranched alkanes of at least 4 members (excludes halogenated alkanes) is 1. The summed E-state index contributed by atoms with van der Waals surface area (Å²) in [5.41, 5.74) is 1.33. The van der Waals surface area contributed by atoms with E-state index in [1.54, 1.807) is 24.7 Å². The number of nitrogens with one attached hydrogen (secondary N) is 3. The number of nitrogens with zero attached hydrogens (tertiary/aromatic N) is 4. The Kier molecular flexibility index (Phi) is 8.04. The number of carbonyl (C=O) groups is 1. The third-order valence-corrected chi connectivity index (χ3v) is 4.34. The summed E-state index contributed by atoms with van der Waals surface area (Å²) in [6.07, 6.45) is 7.93. The smallest absolute Gasteiger partial charge is 0.404 e. The maximum Gasteiger partial charge on any atom is 0.412 e. The Morgan fingerprint density at radius 2 is 2.06 bits per heavy atom. The number of ether oxygens (including phenoxy) is 1. The minimum Gasteiger partial charge on any atom is -0.404 e. The molecule has 0 atom stereocenters. The molecule has 3 aromatic heterocycles. The summed E-state index contributed by atoms with van der Waals surface area (Å²) in [7, 11) is 0. The number of amides is 1. The predicted molar refractivity (Wildman–Crippen MR) is 116 cm³/mol. The molecule has 10 nitrogen and oxygen atoms in total. The van der Waals surface area contributed by atoms with Gasteiger partial charge in [-0.1, -0.05) is 19.4 Å². The molecule has 0 aliphatic carbocycles. The van der Waals surface area contributed by atoms with E-state index in [9.17, 15) is 9.59 Å². The summed E-state index contributed by atoms with van der Waals surface area (Å²) >= 11 is 0. The second-order valence-electron chi connectivity index (χ2n) is 6.77. The van der Waals surface area contributed by atoms with Crippen molar-refractivity contribution in [3.63, 3.8) is 0 Å². The van der Waals surface area contributed by atoms with Gasteiger partial charge in [0.15, 0.2) is 0 Å². The fourth-order valence-electron chi connectivity index (χ4n) is 2.72. The highest BCUT2D eigenvalue weighted by atomic mass is 16.6. The normalized spacial score (nSPS) is 10.5. The fourth-order valence-corrected chi connectivity index (χ4v) is 2.72. The number of aromatic amines is 1. The Balaban J connectivity index is 1.57. The van der Waals surface area contributed by atoms with Crippen LogP contribution in [0.1, 0.15) is 31.7 Å². The van der Waals surface area contributed by atoms with Gasteiger partial charge in [-0.2, -0.15) is 5.10 Å². The number of aromatic nitrogens is 5. The van der Waals surface area contributed by atoms with E-state index in [2.05, 4.69) is 42.7 Å². The molecule has 3 rings (SSSR count). The Morgan fingerprint density at radius 1 is 1.16 bits per heavy atom. The van der Waals surface area contributed by atoms with Crippen molar-refractivity contribution in [2.45, 2.75) is 32.6 Å². The van der Waals surface area contributed by atoms with Crippen LogP contribution < -0.4 is 20.9 Å². The van der Waals surface area contributed by atoms with E-state index in [-0.39, 0.29) is 5.75 Å². The lowest BCUT2D eigenvalue weighted by Crippen LogP contribution is -2.30. The second-order valence-corrected chi connectivity index (χ2v) is 6.77. The lowest BCUT2D eigenvalue weighted by Gasteiger charge is -2.08. The average Bonchev–Trinajstić information content (AvgIpc) is 2.79. The summed E-state index contributed by atoms with van der Waals surface area (Å²) in [4.78, 5) is 36.7. The second kappa shape index (κ2) is 11.4. The van der Waals surface area contributed by atoms with E-state index in [0.29, 0.717) is 30.3 Å². The fraction of sp³-hybridized carbons (Fsp3) is 0.333. The average molecular weight is 423 g/mol. The topological polar surface area (TPSA) is 135 Å². The van der Waals surface area contributed by atoms with Crippen molar-refractivity contribution < 1.29 is 9.53 Å². The van der Waals surface area contributed by atoms with E-state index in [0.717, 1.165) is 31.4 Å². The maximum absolute atomic E-state index is 12.1. The van der Waals surface area contributed by atoms with E-state index in [1.807, 2.05) is 12.1 Å². The number of anilines is 1. The molecule has 0 saturated heterocycles. The van der Waals surface area contributed by atoms with Gasteiger partial charge in [0.25, 0.3) is 0 Å². The van der Waals surface area contributed by atoms with Crippen LogP contribution in [0.15, 0.2) is 47.7 Å². The molecule has 0 fully saturated rings.